The number of aliphatic hydroxyl groups is 1. The Morgan fingerprint density at radius 1 is 0.882 bits per heavy atom. The zero-order valence-corrected chi connectivity index (χ0v) is 24.6. The van der Waals surface area contributed by atoms with E-state index in [1.807, 2.05) is 47.6 Å². The molecule has 0 fully saturated rings. The summed E-state index contributed by atoms with van der Waals surface area (Å²) in [6, 6.07) is 16.2. The number of aryl methyl sites for hydroxylation is 4. The van der Waals surface area contributed by atoms with Crippen LogP contribution < -0.4 is 0 Å². The molecule has 1 heterocycles. The maximum atomic E-state index is 11.5. The summed E-state index contributed by atoms with van der Waals surface area (Å²) in [6.07, 6.45) is 1.33. The average molecular weight is 637 g/mol. The average Bonchev–Trinajstić information content (AvgIpc) is 2.69. The Kier molecular flexibility index (Phi) is 9.99. The Hall–Kier alpha value is -2.29. The van der Waals surface area contributed by atoms with Crippen molar-refractivity contribution in [2.45, 2.75) is 69.2 Å². The molecule has 0 atom stereocenters. The minimum absolute atomic E-state index is 0. The van der Waals surface area contributed by atoms with E-state index in [4.69, 9.17) is 4.98 Å². The van der Waals surface area contributed by atoms with Crippen LogP contribution in [0.1, 0.15) is 63.8 Å². The fraction of sp³-hybridized carbons (Fsp3) is 0.400. The molecule has 34 heavy (non-hydrogen) atoms. The topological polar surface area (TPSA) is 50.2 Å². The molecular weight excluding hydrogens is 599 g/mol. The molecule has 1 radical (unpaired) electrons. The quantitative estimate of drug-likeness (QED) is 0.176. The summed E-state index contributed by atoms with van der Waals surface area (Å²) in [5.74, 6) is 0.104. The number of fused-ring (bicyclic) bond motifs is 1. The number of aromatic nitrogens is 1. The number of allylic oxidation sites excluding steroid dienone is 2. The van der Waals surface area contributed by atoms with E-state index in [0.717, 1.165) is 16.8 Å². The van der Waals surface area contributed by atoms with Crippen LogP contribution in [0, 0.1) is 44.6 Å². The summed E-state index contributed by atoms with van der Waals surface area (Å²) >= 11 is 0. The van der Waals surface area contributed by atoms with Crippen LogP contribution in [0.15, 0.2) is 48.2 Å². The minimum atomic E-state index is -0.417. The van der Waals surface area contributed by atoms with Crippen molar-refractivity contribution in [3.8, 4) is 11.3 Å². The Labute approximate surface area is 219 Å². The van der Waals surface area contributed by atoms with Crippen LogP contribution in [-0.4, -0.2) is 15.9 Å². The van der Waals surface area contributed by atoms with Gasteiger partial charge in [-0.15, -0.1) is 34.9 Å². The van der Waals surface area contributed by atoms with Gasteiger partial charge in [0, 0.05) is 37.0 Å². The normalized spacial score (nSPS) is 12.0. The monoisotopic (exact) mass is 637 g/mol. The molecular formula is C30H38IrNO2-. The Morgan fingerprint density at radius 2 is 1.50 bits per heavy atom. The van der Waals surface area contributed by atoms with Crippen LogP contribution in [0.4, 0.5) is 0 Å². The number of benzene rings is 2. The first kappa shape index (κ1) is 29.7. The van der Waals surface area contributed by atoms with Crippen molar-refractivity contribution >= 4 is 16.7 Å². The first-order valence-corrected chi connectivity index (χ1v) is 11.4. The van der Waals surface area contributed by atoms with Gasteiger partial charge in [-0.05, 0) is 36.6 Å². The summed E-state index contributed by atoms with van der Waals surface area (Å²) in [5, 5.41) is 10.8. The zero-order valence-electron chi connectivity index (χ0n) is 22.2. The molecule has 4 heteroatoms. The molecule has 1 aromatic heterocycles. The van der Waals surface area contributed by atoms with Gasteiger partial charge in [0.05, 0.1) is 5.52 Å². The molecule has 0 bridgehead atoms. The second-order valence-corrected chi connectivity index (χ2v) is 11.0. The van der Waals surface area contributed by atoms with Gasteiger partial charge < -0.3 is 5.11 Å². The van der Waals surface area contributed by atoms with Crippen LogP contribution in [0.3, 0.4) is 0 Å². The van der Waals surface area contributed by atoms with E-state index in [-0.39, 0.29) is 37.1 Å². The van der Waals surface area contributed by atoms with E-state index < -0.39 is 5.41 Å². The minimum Gasteiger partial charge on any atom is -0.512 e. The Bertz CT molecular complexity index is 1190. The van der Waals surface area contributed by atoms with Gasteiger partial charge in [-0.1, -0.05) is 79.2 Å². The van der Waals surface area contributed by atoms with E-state index in [2.05, 4.69) is 64.1 Å². The maximum absolute atomic E-state index is 11.5. The van der Waals surface area contributed by atoms with Crippen molar-refractivity contribution < 1.29 is 30.0 Å². The molecule has 2 aromatic carbocycles. The van der Waals surface area contributed by atoms with Crippen LogP contribution in [0.5, 0.6) is 0 Å². The first-order chi connectivity index (χ1) is 15.1. The molecule has 0 unspecified atom stereocenters. The number of hydrogen-bond donors (Lipinski definition) is 1. The van der Waals surface area contributed by atoms with Crippen molar-refractivity contribution in [2.24, 2.45) is 10.8 Å². The fourth-order valence-corrected chi connectivity index (χ4v) is 3.02. The summed E-state index contributed by atoms with van der Waals surface area (Å²) in [4.78, 5) is 16.3. The molecule has 185 valence electrons. The third kappa shape index (κ3) is 7.89. The van der Waals surface area contributed by atoms with E-state index in [9.17, 15) is 9.90 Å². The van der Waals surface area contributed by atoms with Gasteiger partial charge in [0.1, 0.15) is 5.76 Å². The van der Waals surface area contributed by atoms with Gasteiger partial charge in [-0.3, -0.25) is 9.78 Å². The smallest absolute Gasteiger partial charge is 0.164 e. The molecule has 0 saturated heterocycles. The predicted molar refractivity (Wildman–Crippen MR) is 140 cm³/mol. The van der Waals surface area contributed by atoms with Crippen LogP contribution in [0.2, 0.25) is 0 Å². The summed E-state index contributed by atoms with van der Waals surface area (Å²) in [5.41, 5.74) is 7.38. The van der Waals surface area contributed by atoms with Crippen molar-refractivity contribution in [1.29, 1.82) is 0 Å². The number of hydrogen-bond acceptors (Lipinski definition) is 3. The molecule has 3 rings (SSSR count). The fourth-order valence-electron chi connectivity index (χ4n) is 3.02. The van der Waals surface area contributed by atoms with Gasteiger partial charge in [0.15, 0.2) is 5.78 Å². The second-order valence-electron chi connectivity index (χ2n) is 11.0. The number of ketones is 1. The molecule has 3 aromatic rings. The number of carbonyl (C=O) groups excluding carboxylic acids is 1. The van der Waals surface area contributed by atoms with E-state index in [1.165, 1.54) is 33.7 Å². The molecule has 0 aliphatic heterocycles. The molecule has 0 saturated carbocycles. The Morgan fingerprint density at radius 3 is 2.03 bits per heavy atom. The van der Waals surface area contributed by atoms with Gasteiger partial charge in [-0.2, -0.15) is 0 Å². The van der Waals surface area contributed by atoms with Crippen molar-refractivity contribution in [2.75, 3.05) is 0 Å². The van der Waals surface area contributed by atoms with Gasteiger partial charge in [0.25, 0.3) is 0 Å². The van der Waals surface area contributed by atoms with E-state index >= 15 is 0 Å². The summed E-state index contributed by atoms with van der Waals surface area (Å²) < 4.78 is 0. The van der Waals surface area contributed by atoms with Crippen LogP contribution in [0.25, 0.3) is 22.2 Å². The third-order valence-electron chi connectivity index (χ3n) is 5.62. The van der Waals surface area contributed by atoms with Crippen molar-refractivity contribution in [1.82, 2.24) is 4.98 Å². The number of nitrogens with zero attached hydrogens (tertiary/aromatic N) is 1. The van der Waals surface area contributed by atoms with E-state index in [1.54, 1.807) is 0 Å². The molecule has 0 aliphatic carbocycles. The number of carbonyl (C=O) groups is 1. The SMILES string of the molecule is CC(C)(C)C(=O)/C=C(\O)C(C)(C)C.Cc1ccc2cc(C)c(-c3[c-]cc(C)c(C)c3)nc2c1.[Ir]. The summed E-state index contributed by atoms with van der Waals surface area (Å²) in [7, 11) is 0. The van der Waals surface area contributed by atoms with Crippen LogP contribution in [-0.2, 0) is 24.9 Å². The standard InChI is InChI=1S/C19H18N.C11H20O2.Ir/c1-12-5-7-16-11-15(4)19(20-18(16)9-12)17-8-6-13(2)14(3)10-17;1-10(2,3)8(12)7-9(13)11(4,5)6;/h5-7,9-11H,1-4H3;7,12H,1-6H3;/q-1;;/b;8-7-;. The molecule has 3 nitrogen and oxygen atoms in total. The second kappa shape index (κ2) is 11.4. The summed E-state index contributed by atoms with van der Waals surface area (Å²) in [6.45, 7) is 19.6. The number of aliphatic hydroxyl groups excluding tert-OH is 1. The van der Waals surface area contributed by atoms with Gasteiger partial charge in [-0.25, -0.2) is 0 Å². The largest absolute Gasteiger partial charge is 0.512 e. The molecule has 0 spiro atoms. The van der Waals surface area contributed by atoms with Crippen molar-refractivity contribution in [3.63, 3.8) is 0 Å². The Balaban J connectivity index is 0.000000364. The maximum Gasteiger partial charge on any atom is 0.164 e. The number of pyridine rings is 1. The predicted octanol–water partition coefficient (Wildman–Crippen LogP) is 8.02. The third-order valence-corrected chi connectivity index (χ3v) is 5.62. The van der Waals surface area contributed by atoms with Crippen LogP contribution >= 0.6 is 0 Å². The zero-order chi connectivity index (χ0) is 25.1. The van der Waals surface area contributed by atoms with Gasteiger partial charge in [0.2, 0.25) is 0 Å². The van der Waals surface area contributed by atoms with Gasteiger partial charge >= 0.3 is 0 Å². The molecule has 0 amide bonds. The first-order valence-electron chi connectivity index (χ1n) is 11.4. The van der Waals surface area contributed by atoms with Crippen molar-refractivity contribution in [3.05, 3.63) is 76.6 Å². The molecule has 1 N–H and O–H groups in total. The van der Waals surface area contributed by atoms with E-state index in [0.29, 0.717) is 0 Å². The molecule has 0 aliphatic rings. The number of rotatable bonds is 2.